The van der Waals surface area contributed by atoms with E-state index in [0.717, 1.165) is 21.6 Å². The van der Waals surface area contributed by atoms with Crippen LogP contribution in [0.15, 0.2) is 54.6 Å². The summed E-state index contributed by atoms with van der Waals surface area (Å²) < 4.78 is 0. The summed E-state index contributed by atoms with van der Waals surface area (Å²) in [5.74, 6) is 0. The van der Waals surface area contributed by atoms with E-state index in [1.165, 1.54) is 16.8 Å². The maximum absolute atomic E-state index is 5.65. The van der Waals surface area contributed by atoms with Crippen LogP contribution in [0, 0.1) is 0 Å². The zero-order chi connectivity index (χ0) is 11.2. The molecule has 1 nitrogen and oxygen atoms in total. The van der Waals surface area contributed by atoms with Crippen LogP contribution in [0.25, 0.3) is 0 Å². The molecule has 0 heterocycles. The van der Waals surface area contributed by atoms with Gasteiger partial charge in [-0.1, -0.05) is 53.7 Å². The Morgan fingerprint density at radius 3 is 2.25 bits per heavy atom. The molecule has 2 radical (unpaired) electrons. The van der Waals surface area contributed by atoms with Crippen LogP contribution in [-0.2, 0) is 6.42 Å². The fraction of sp³-hybridized carbons (Fsp3) is 0.143. The summed E-state index contributed by atoms with van der Waals surface area (Å²) in [6.07, 6.45) is 1.13. The molecule has 0 aliphatic rings. The van der Waals surface area contributed by atoms with Crippen molar-refractivity contribution in [3.8, 4) is 0 Å². The first-order valence-electron chi connectivity index (χ1n) is 5.48. The molecule has 0 spiro atoms. The van der Waals surface area contributed by atoms with Crippen molar-refractivity contribution in [3.63, 3.8) is 0 Å². The molecule has 2 aromatic rings. The Hall–Kier alpha value is -1.54. The Kier molecular flexibility index (Phi) is 3.78. The topological polar surface area (TPSA) is 26.0 Å². The van der Waals surface area contributed by atoms with Gasteiger partial charge in [0, 0.05) is 5.69 Å². The number of hydrogen-bond acceptors (Lipinski definition) is 1. The van der Waals surface area contributed by atoms with Crippen molar-refractivity contribution >= 4 is 20.4 Å². The summed E-state index contributed by atoms with van der Waals surface area (Å²) in [6, 6.07) is 20.1. The lowest BCUT2D eigenvalue weighted by Gasteiger charge is -2.01. The van der Waals surface area contributed by atoms with Crippen molar-refractivity contribution in [2.45, 2.75) is 12.5 Å². The van der Waals surface area contributed by atoms with Gasteiger partial charge in [0.2, 0.25) is 0 Å². The van der Waals surface area contributed by atoms with Gasteiger partial charge in [0.05, 0.1) is 9.52 Å². The maximum atomic E-state index is 5.65. The SMILES string of the molecule is Nc1ccc(CC[Si]c2ccccc2)cc1. The fourth-order valence-electron chi connectivity index (χ4n) is 1.59. The standard InChI is InChI=1S/C14H15NSi/c15-13-8-6-12(7-9-13)10-11-16-14-4-2-1-3-5-14/h1-9H,10-11,15H2. The summed E-state index contributed by atoms with van der Waals surface area (Å²) in [7, 11) is 0.896. The van der Waals surface area contributed by atoms with Crippen molar-refractivity contribution in [2.24, 2.45) is 0 Å². The summed E-state index contributed by atoms with van der Waals surface area (Å²) in [6.45, 7) is 0. The molecule has 0 saturated heterocycles. The second-order valence-corrected chi connectivity index (χ2v) is 5.22. The molecular weight excluding hydrogens is 210 g/mol. The number of nitrogen functional groups attached to an aromatic ring is 1. The number of benzene rings is 2. The van der Waals surface area contributed by atoms with E-state index in [9.17, 15) is 0 Å². The largest absolute Gasteiger partial charge is 0.399 e. The van der Waals surface area contributed by atoms with E-state index in [1.54, 1.807) is 0 Å². The van der Waals surface area contributed by atoms with E-state index in [1.807, 2.05) is 12.1 Å². The van der Waals surface area contributed by atoms with Crippen LogP contribution in [0.3, 0.4) is 0 Å². The molecular formula is C14H15NSi. The summed E-state index contributed by atoms with van der Waals surface area (Å²) in [5.41, 5.74) is 7.86. The smallest absolute Gasteiger partial charge is 0.0811 e. The minimum Gasteiger partial charge on any atom is -0.399 e. The van der Waals surface area contributed by atoms with Gasteiger partial charge in [-0.2, -0.15) is 0 Å². The molecule has 80 valence electrons. The summed E-state index contributed by atoms with van der Waals surface area (Å²) in [5, 5.41) is 1.44. The van der Waals surface area contributed by atoms with Gasteiger partial charge in [-0.25, -0.2) is 0 Å². The highest BCUT2D eigenvalue weighted by Gasteiger charge is 1.96. The van der Waals surface area contributed by atoms with E-state index in [0.29, 0.717) is 0 Å². The molecule has 0 aliphatic heterocycles. The van der Waals surface area contributed by atoms with Crippen LogP contribution in [0.2, 0.25) is 6.04 Å². The zero-order valence-corrected chi connectivity index (χ0v) is 10.2. The van der Waals surface area contributed by atoms with Crippen LogP contribution in [0.5, 0.6) is 0 Å². The molecule has 0 amide bonds. The van der Waals surface area contributed by atoms with Gasteiger partial charge in [0.1, 0.15) is 0 Å². The number of anilines is 1. The predicted octanol–water partition coefficient (Wildman–Crippen LogP) is 2.26. The Morgan fingerprint density at radius 2 is 1.56 bits per heavy atom. The summed E-state index contributed by atoms with van der Waals surface area (Å²) in [4.78, 5) is 0. The maximum Gasteiger partial charge on any atom is 0.0811 e. The first-order chi connectivity index (χ1) is 7.84. The molecule has 0 aliphatic carbocycles. The number of nitrogens with two attached hydrogens (primary N) is 1. The van der Waals surface area contributed by atoms with Gasteiger partial charge < -0.3 is 5.73 Å². The van der Waals surface area contributed by atoms with Gasteiger partial charge in [0.25, 0.3) is 0 Å². The van der Waals surface area contributed by atoms with Crippen LogP contribution in [-0.4, -0.2) is 9.52 Å². The minimum absolute atomic E-state index is 0.842. The van der Waals surface area contributed by atoms with Gasteiger partial charge in [-0.15, -0.1) is 0 Å². The average molecular weight is 225 g/mol. The van der Waals surface area contributed by atoms with Crippen LogP contribution >= 0.6 is 0 Å². The molecule has 2 aromatic carbocycles. The van der Waals surface area contributed by atoms with E-state index in [-0.39, 0.29) is 0 Å². The fourth-order valence-corrected chi connectivity index (χ4v) is 2.72. The molecule has 0 atom stereocenters. The normalized spacial score (nSPS) is 10.2. The minimum atomic E-state index is 0.842. The molecule has 0 saturated carbocycles. The van der Waals surface area contributed by atoms with Crippen molar-refractivity contribution in [2.75, 3.05) is 5.73 Å². The Morgan fingerprint density at radius 1 is 0.875 bits per heavy atom. The number of aryl methyl sites for hydroxylation is 1. The Bertz CT molecular complexity index is 422. The third-order valence-electron chi connectivity index (χ3n) is 2.50. The van der Waals surface area contributed by atoms with E-state index < -0.39 is 0 Å². The lowest BCUT2D eigenvalue weighted by molar-refractivity contribution is 1.13. The molecule has 2 rings (SSSR count). The lowest BCUT2D eigenvalue weighted by atomic mass is 10.1. The van der Waals surface area contributed by atoms with Gasteiger partial charge in [-0.05, 0) is 24.1 Å². The van der Waals surface area contributed by atoms with Crippen molar-refractivity contribution in [1.82, 2.24) is 0 Å². The first kappa shape index (κ1) is 11.0. The van der Waals surface area contributed by atoms with Crippen molar-refractivity contribution in [1.29, 1.82) is 0 Å². The van der Waals surface area contributed by atoms with Gasteiger partial charge in [0.15, 0.2) is 0 Å². The van der Waals surface area contributed by atoms with Crippen molar-refractivity contribution in [3.05, 3.63) is 60.2 Å². The molecule has 0 aromatic heterocycles. The van der Waals surface area contributed by atoms with Gasteiger partial charge >= 0.3 is 0 Å². The zero-order valence-electron chi connectivity index (χ0n) is 9.19. The monoisotopic (exact) mass is 225 g/mol. The first-order valence-corrected chi connectivity index (χ1v) is 6.68. The highest BCUT2D eigenvalue weighted by atomic mass is 28.2. The molecule has 16 heavy (non-hydrogen) atoms. The third kappa shape index (κ3) is 3.24. The third-order valence-corrected chi connectivity index (χ3v) is 3.74. The van der Waals surface area contributed by atoms with E-state index in [4.69, 9.17) is 5.73 Å². The second-order valence-electron chi connectivity index (χ2n) is 3.78. The van der Waals surface area contributed by atoms with Crippen LogP contribution < -0.4 is 10.9 Å². The van der Waals surface area contributed by atoms with Crippen LogP contribution in [0.1, 0.15) is 5.56 Å². The predicted molar refractivity (Wildman–Crippen MR) is 71.2 cm³/mol. The molecule has 0 fully saturated rings. The molecule has 0 bridgehead atoms. The average Bonchev–Trinajstić information content (AvgIpc) is 2.33. The quantitative estimate of drug-likeness (QED) is 0.627. The Balaban J connectivity index is 1.82. The Labute approximate surface area is 99.1 Å². The van der Waals surface area contributed by atoms with Gasteiger partial charge in [-0.3, -0.25) is 0 Å². The molecule has 2 heteroatoms. The highest BCUT2D eigenvalue weighted by molar-refractivity contribution is 6.53. The lowest BCUT2D eigenvalue weighted by Crippen LogP contribution is -2.13. The van der Waals surface area contributed by atoms with Crippen LogP contribution in [0.4, 0.5) is 5.69 Å². The van der Waals surface area contributed by atoms with E-state index in [2.05, 4.69) is 42.5 Å². The second kappa shape index (κ2) is 5.52. The van der Waals surface area contributed by atoms with Crippen molar-refractivity contribution < 1.29 is 0 Å². The molecule has 2 N–H and O–H groups in total. The number of hydrogen-bond donors (Lipinski definition) is 1. The number of rotatable bonds is 4. The molecule has 0 unspecified atom stereocenters. The van der Waals surface area contributed by atoms with E-state index >= 15 is 0 Å². The highest BCUT2D eigenvalue weighted by Crippen LogP contribution is 2.07. The summed E-state index contributed by atoms with van der Waals surface area (Å²) >= 11 is 0.